The summed E-state index contributed by atoms with van der Waals surface area (Å²) in [5.74, 6) is -0.120. The highest BCUT2D eigenvalue weighted by atomic mass is 79.9. The number of pyridine rings is 1. The first-order chi connectivity index (χ1) is 7.09. The molecule has 15 heavy (non-hydrogen) atoms. The van der Waals surface area contributed by atoms with Crippen LogP contribution in [-0.2, 0) is 0 Å². The van der Waals surface area contributed by atoms with Crippen molar-refractivity contribution in [2.75, 3.05) is 11.9 Å². The fourth-order valence-electron chi connectivity index (χ4n) is 1.15. The summed E-state index contributed by atoms with van der Waals surface area (Å²) in [6.45, 7) is 2.34. The quantitative estimate of drug-likeness (QED) is 0.813. The Bertz CT molecular complexity index is 320. The fourth-order valence-corrected chi connectivity index (χ4v) is 1.45. The Morgan fingerprint density at radius 2 is 2.40 bits per heavy atom. The van der Waals surface area contributed by atoms with E-state index >= 15 is 0 Å². The number of nitrogens with zero attached hydrogens (tertiary/aromatic N) is 1. The highest BCUT2D eigenvalue weighted by Crippen LogP contribution is 2.15. The fraction of sp³-hybridized carbons (Fsp3) is 0.500. The maximum absolute atomic E-state index is 13.2. The molecule has 0 aliphatic carbocycles. The maximum Gasteiger partial charge on any atom is 0.166 e. The molecule has 5 heteroatoms. The second-order valence-corrected chi connectivity index (χ2v) is 4.32. The van der Waals surface area contributed by atoms with Gasteiger partial charge in [-0.15, -0.1) is 0 Å². The Labute approximate surface area is 96.9 Å². The minimum Gasteiger partial charge on any atom is -0.393 e. The van der Waals surface area contributed by atoms with Crippen molar-refractivity contribution in [1.82, 2.24) is 4.98 Å². The van der Waals surface area contributed by atoms with Gasteiger partial charge in [0.2, 0.25) is 0 Å². The van der Waals surface area contributed by atoms with Gasteiger partial charge < -0.3 is 10.4 Å². The Morgan fingerprint density at radius 1 is 1.67 bits per heavy atom. The lowest BCUT2D eigenvalue weighted by molar-refractivity contribution is 0.183. The lowest BCUT2D eigenvalue weighted by Crippen LogP contribution is -2.08. The summed E-state index contributed by atoms with van der Waals surface area (Å²) < 4.78 is 13.9. The molecule has 84 valence electrons. The Morgan fingerprint density at radius 3 is 3.00 bits per heavy atom. The summed E-state index contributed by atoms with van der Waals surface area (Å²) in [5.41, 5.74) is 0. The first-order valence-corrected chi connectivity index (χ1v) is 5.62. The van der Waals surface area contributed by atoms with Crippen LogP contribution in [-0.4, -0.2) is 22.7 Å². The lowest BCUT2D eigenvalue weighted by Gasteiger charge is -2.07. The average Bonchev–Trinajstić information content (AvgIpc) is 2.14. The number of halogens is 2. The average molecular weight is 277 g/mol. The van der Waals surface area contributed by atoms with Crippen molar-refractivity contribution in [1.29, 1.82) is 0 Å². The molecule has 0 bridgehead atoms. The van der Waals surface area contributed by atoms with Crippen LogP contribution in [0.2, 0.25) is 0 Å². The highest BCUT2D eigenvalue weighted by Gasteiger charge is 2.03. The van der Waals surface area contributed by atoms with Gasteiger partial charge in [-0.3, -0.25) is 0 Å². The van der Waals surface area contributed by atoms with Crippen LogP contribution < -0.4 is 5.32 Å². The minimum absolute atomic E-state index is 0.254. The second kappa shape index (κ2) is 6.02. The number of hydrogen-bond acceptors (Lipinski definition) is 3. The standard InChI is InChI=1S/C10H14BrFN2O/c1-7(15)3-2-4-13-10-9(12)5-8(11)6-14-10/h5-7,15H,2-4H2,1H3,(H,13,14). The van der Waals surface area contributed by atoms with Crippen LogP contribution in [0.4, 0.5) is 10.2 Å². The molecule has 0 saturated heterocycles. The van der Waals surface area contributed by atoms with E-state index in [-0.39, 0.29) is 17.7 Å². The second-order valence-electron chi connectivity index (χ2n) is 3.40. The molecular formula is C10H14BrFN2O. The minimum atomic E-state index is -0.374. The number of aliphatic hydroxyl groups is 1. The molecule has 1 atom stereocenters. The summed E-state index contributed by atoms with van der Waals surface area (Å²) >= 11 is 3.13. The summed E-state index contributed by atoms with van der Waals surface area (Å²) in [6, 6.07) is 1.37. The normalized spacial score (nSPS) is 12.5. The summed E-state index contributed by atoms with van der Waals surface area (Å²) in [6.07, 6.45) is 2.72. The molecule has 0 spiro atoms. The predicted octanol–water partition coefficient (Wildman–Crippen LogP) is 2.56. The van der Waals surface area contributed by atoms with Gasteiger partial charge in [0.25, 0.3) is 0 Å². The van der Waals surface area contributed by atoms with Gasteiger partial charge >= 0.3 is 0 Å². The van der Waals surface area contributed by atoms with Crippen LogP contribution in [0.3, 0.4) is 0 Å². The Balaban J connectivity index is 2.37. The van der Waals surface area contributed by atoms with Gasteiger partial charge in [0.05, 0.1) is 6.10 Å². The van der Waals surface area contributed by atoms with E-state index in [4.69, 9.17) is 5.11 Å². The molecule has 1 rings (SSSR count). The number of nitrogens with one attached hydrogen (secondary N) is 1. The van der Waals surface area contributed by atoms with Gasteiger partial charge in [-0.1, -0.05) is 0 Å². The van der Waals surface area contributed by atoms with Gasteiger partial charge in [-0.2, -0.15) is 0 Å². The zero-order valence-corrected chi connectivity index (χ0v) is 10.1. The van der Waals surface area contributed by atoms with Crippen LogP contribution in [0, 0.1) is 5.82 Å². The molecule has 2 N–H and O–H groups in total. The molecule has 0 aromatic carbocycles. The highest BCUT2D eigenvalue weighted by molar-refractivity contribution is 9.10. The molecule has 1 aromatic rings. The number of anilines is 1. The van der Waals surface area contributed by atoms with Crippen molar-refractivity contribution >= 4 is 21.7 Å². The van der Waals surface area contributed by atoms with Crippen molar-refractivity contribution < 1.29 is 9.50 Å². The van der Waals surface area contributed by atoms with E-state index in [9.17, 15) is 4.39 Å². The predicted molar refractivity (Wildman–Crippen MR) is 61.3 cm³/mol. The van der Waals surface area contributed by atoms with E-state index < -0.39 is 0 Å². The number of rotatable bonds is 5. The summed E-state index contributed by atoms with van der Waals surface area (Å²) in [7, 11) is 0. The summed E-state index contributed by atoms with van der Waals surface area (Å²) in [5, 5.41) is 11.9. The third-order valence-electron chi connectivity index (χ3n) is 1.90. The zero-order valence-electron chi connectivity index (χ0n) is 8.50. The van der Waals surface area contributed by atoms with Gasteiger partial charge in [-0.05, 0) is 41.8 Å². The molecule has 1 aromatic heterocycles. The van der Waals surface area contributed by atoms with Crippen LogP contribution in [0.25, 0.3) is 0 Å². The van der Waals surface area contributed by atoms with E-state index in [0.29, 0.717) is 17.4 Å². The van der Waals surface area contributed by atoms with Gasteiger partial charge in [0.15, 0.2) is 11.6 Å². The summed E-state index contributed by atoms with van der Waals surface area (Å²) in [4.78, 5) is 3.90. The third kappa shape index (κ3) is 4.57. The number of aromatic nitrogens is 1. The molecule has 0 fully saturated rings. The Kier molecular flexibility index (Phi) is 4.98. The van der Waals surface area contributed by atoms with Gasteiger partial charge in [-0.25, -0.2) is 9.37 Å². The molecule has 0 aliphatic heterocycles. The van der Waals surface area contributed by atoms with Gasteiger partial charge in [0.1, 0.15) is 0 Å². The third-order valence-corrected chi connectivity index (χ3v) is 2.33. The first kappa shape index (κ1) is 12.4. The zero-order chi connectivity index (χ0) is 11.3. The smallest absolute Gasteiger partial charge is 0.166 e. The molecular weight excluding hydrogens is 263 g/mol. The van der Waals surface area contributed by atoms with Crippen molar-refractivity contribution in [2.24, 2.45) is 0 Å². The molecule has 0 saturated carbocycles. The van der Waals surface area contributed by atoms with Crippen molar-refractivity contribution in [3.05, 3.63) is 22.6 Å². The molecule has 0 aliphatic rings. The molecule has 3 nitrogen and oxygen atoms in total. The van der Waals surface area contributed by atoms with E-state index in [1.807, 2.05) is 0 Å². The van der Waals surface area contributed by atoms with Crippen molar-refractivity contribution in [3.8, 4) is 0 Å². The molecule has 1 unspecified atom stereocenters. The van der Waals surface area contributed by atoms with E-state index in [1.165, 1.54) is 6.07 Å². The first-order valence-electron chi connectivity index (χ1n) is 4.82. The topological polar surface area (TPSA) is 45.1 Å². The molecule has 1 heterocycles. The van der Waals surface area contributed by atoms with Crippen LogP contribution >= 0.6 is 15.9 Å². The van der Waals surface area contributed by atoms with Crippen LogP contribution in [0.15, 0.2) is 16.7 Å². The van der Waals surface area contributed by atoms with Crippen molar-refractivity contribution in [2.45, 2.75) is 25.9 Å². The molecule has 0 amide bonds. The SMILES string of the molecule is CC(O)CCCNc1ncc(Br)cc1F. The van der Waals surface area contributed by atoms with Crippen LogP contribution in [0.1, 0.15) is 19.8 Å². The van der Waals surface area contributed by atoms with Crippen molar-refractivity contribution in [3.63, 3.8) is 0 Å². The largest absolute Gasteiger partial charge is 0.393 e. The maximum atomic E-state index is 13.2. The van der Waals surface area contributed by atoms with E-state index in [1.54, 1.807) is 13.1 Å². The van der Waals surface area contributed by atoms with E-state index in [0.717, 1.165) is 6.42 Å². The lowest BCUT2D eigenvalue weighted by atomic mass is 10.2. The molecule has 0 radical (unpaired) electrons. The monoisotopic (exact) mass is 276 g/mol. The van der Waals surface area contributed by atoms with Gasteiger partial charge in [0, 0.05) is 17.2 Å². The van der Waals surface area contributed by atoms with Crippen LogP contribution in [0.5, 0.6) is 0 Å². The number of hydrogen-bond donors (Lipinski definition) is 2. The Hall–Kier alpha value is -0.680. The number of aliphatic hydroxyl groups excluding tert-OH is 1. The van der Waals surface area contributed by atoms with E-state index in [2.05, 4.69) is 26.2 Å².